The summed E-state index contributed by atoms with van der Waals surface area (Å²) in [6.45, 7) is 8.85. The van der Waals surface area contributed by atoms with Crippen LogP contribution in [0, 0.1) is 5.92 Å². The highest BCUT2D eigenvalue weighted by Crippen LogP contribution is 2.25. The van der Waals surface area contributed by atoms with Crippen molar-refractivity contribution in [2.75, 3.05) is 0 Å². The third-order valence-electron chi connectivity index (χ3n) is 7.17. The van der Waals surface area contributed by atoms with Crippen molar-refractivity contribution in [3.05, 3.63) is 59.7 Å². The van der Waals surface area contributed by atoms with Gasteiger partial charge in [0.2, 0.25) is 0 Å². The molecule has 194 valence electrons. The van der Waals surface area contributed by atoms with E-state index in [1.54, 1.807) is 0 Å². The predicted molar refractivity (Wildman–Crippen MR) is 151 cm³/mol. The van der Waals surface area contributed by atoms with Gasteiger partial charge in [-0.25, -0.2) is 0 Å². The molecule has 2 heteroatoms. The first-order chi connectivity index (χ1) is 17.0. The molecule has 2 unspecified atom stereocenters. The Bertz CT molecular complexity index is 806. The Balaban J connectivity index is 1.69. The van der Waals surface area contributed by atoms with Gasteiger partial charge in [-0.1, -0.05) is 134 Å². The maximum atomic E-state index is 12.3. The van der Waals surface area contributed by atoms with Crippen LogP contribution in [0.4, 0.5) is 0 Å². The van der Waals surface area contributed by atoms with Gasteiger partial charge in [0, 0.05) is 6.42 Å². The summed E-state index contributed by atoms with van der Waals surface area (Å²) in [5.41, 5.74) is 4.91. The smallest absolute Gasteiger partial charge is 0.306 e. The lowest BCUT2D eigenvalue weighted by molar-refractivity contribution is -0.148. The normalized spacial score (nSPS) is 12.9. The van der Waals surface area contributed by atoms with Crippen molar-refractivity contribution < 1.29 is 9.53 Å². The predicted octanol–water partition coefficient (Wildman–Crippen LogP) is 10.2. The number of hydrogen-bond acceptors (Lipinski definition) is 2. The molecule has 0 spiro atoms. The monoisotopic (exact) mass is 478 g/mol. The average molecular weight is 479 g/mol. The second kappa shape index (κ2) is 17.4. The van der Waals surface area contributed by atoms with E-state index >= 15 is 0 Å². The van der Waals surface area contributed by atoms with Gasteiger partial charge in [-0.2, -0.15) is 0 Å². The minimum Gasteiger partial charge on any atom is -0.458 e. The molecular weight excluding hydrogens is 428 g/mol. The van der Waals surface area contributed by atoms with E-state index in [2.05, 4.69) is 69.3 Å². The number of benzene rings is 2. The van der Waals surface area contributed by atoms with Gasteiger partial charge >= 0.3 is 5.97 Å². The Morgan fingerprint density at radius 1 is 0.686 bits per heavy atom. The first-order valence-corrected chi connectivity index (χ1v) is 14.4. The summed E-state index contributed by atoms with van der Waals surface area (Å²) in [5.74, 6) is 0.733. The van der Waals surface area contributed by atoms with Crippen LogP contribution in [-0.4, -0.2) is 5.97 Å². The van der Waals surface area contributed by atoms with Crippen LogP contribution in [-0.2, 0) is 16.0 Å². The third kappa shape index (κ3) is 11.9. The van der Waals surface area contributed by atoms with E-state index in [0.717, 1.165) is 24.3 Å². The standard InChI is InChI=1S/C33H50O2/c1-5-7-9-13-17-29-19-21-31(22-20-29)32-25-23-30(24-26-32)28(4)35-33(34)18-14-10-12-16-27(3)15-11-8-6-2/h19-28H,5-18H2,1-4H3. The highest BCUT2D eigenvalue weighted by atomic mass is 16.5. The molecule has 0 bridgehead atoms. The second-order valence-electron chi connectivity index (χ2n) is 10.5. The van der Waals surface area contributed by atoms with Gasteiger partial charge in [-0.15, -0.1) is 0 Å². The zero-order valence-corrected chi connectivity index (χ0v) is 23.0. The van der Waals surface area contributed by atoms with Gasteiger partial charge in [0.25, 0.3) is 0 Å². The molecule has 0 fully saturated rings. The molecule has 0 saturated heterocycles. The molecule has 0 saturated carbocycles. The van der Waals surface area contributed by atoms with Crippen molar-refractivity contribution in [1.82, 2.24) is 0 Å². The van der Waals surface area contributed by atoms with Crippen molar-refractivity contribution in [3.63, 3.8) is 0 Å². The van der Waals surface area contributed by atoms with E-state index in [9.17, 15) is 4.79 Å². The minimum atomic E-state index is -0.208. The first-order valence-electron chi connectivity index (χ1n) is 14.4. The second-order valence-corrected chi connectivity index (χ2v) is 10.5. The average Bonchev–Trinajstić information content (AvgIpc) is 2.87. The molecule has 2 nitrogen and oxygen atoms in total. The Labute approximate surface area is 215 Å². The summed E-state index contributed by atoms with van der Waals surface area (Å²) >= 11 is 0. The van der Waals surface area contributed by atoms with Crippen LogP contribution in [0.15, 0.2) is 48.5 Å². The molecule has 0 aromatic heterocycles. The molecule has 2 aromatic rings. The molecule has 2 atom stereocenters. The fraction of sp³-hybridized carbons (Fsp3) is 0.606. The number of ether oxygens (including phenoxy) is 1. The fourth-order valence-electron chi connectivity index (χ4n) is 4.72. The Kier molecular flexibility index (Phi) is 14.5. The van der Waals surface area contributed by atoms with Crippen LogP contribution in [0.5, 0.6) is 0 Å². The molecule has 0 aliphatic heterocycles. The van der Waals surface area contributed by atoms with E-state index in [0.29, 0.717) is 6.42 Å². The summed E-state index contributed by atoms with van der Waals surface area (Å²) in [5, 5.41) is 0. The molecule has 2 aromatic carbocycles. The summed E-state index contributed by atoms with van der Waals surface area (Å²) < 4.78 is 5.71. The number of hydrogen-bond donors (Lipinski definition) is 0. The van der Waals surface area contributed by atoms with E-state index in [1.807, 2.05) is 6.92 Å². The lowest BCUT2D eigenvalue weighted by atomic mass is 9.97. The van der Waals surface area contributed by atoms with Gasteiger partial charge in [0.15, 0.2) is 0 Å². The molecule has 35 heavy (non-hydrogen) atoms. The van der Waals surface area contributed by atoms with Crippen molar-refractivity contribution in [2.24, 2.45) is 5.92 Å². The van der Waals surface area contributed by atoms with E-state index < -0.39 is 0 Å². The van der Waals surface area contributed by atoms with E-state index in [-0.39, 0.29) is 12.1 Å². The van der Waals surface area contributed by atoms with Crippen molar-refractivity contribution in [1.29, 1.82) is 0 Å². The zero-order valence-electron chi connectivity index (χ0n) is 23.0. The summed E-state index contributed by atoms with van der Waals surface area (Å²) in [6, 6.07) is 17.4. The third-order valence-corrected chi connectivity index (χ3v) is 7.17. The maximum Gasteiger partial charge on any atom is 0.306 e. The minimum absolute atomic E-state index is 0.0768. The summed E-state index contributed by atoms with van der Waals surface area (Å²) in [6.07, 6.45) is 16.6. The molecule has 0 aliphatic rings. The molecule has 0 radical (unpaired) electrons. The quantitative estimate of drug-likeness (QED) is 0.157. The zero-order chi connectivity index (χ0) is 25.3. The van der Waals surface area contributed by atoms with Gasteiger partial charge in [0.05, 0.1) is 0 Å². The molecule has 2 rings (SSSR count). The number of carbonyl (C=O) groups is 1. The first kappa shape index (κ1) is 29.1. The van der Waals surface area contributed by atoms with Crippen molar-refractivity contribution in [2.45, 2.75) is 124 Å². The maximum absolute atomic E-state index is 12.3. The molecular formula is C33H50O2. The lowest BCUT2D eigenvalue weighted by Crippen LogP contribution is -2.08. The summed E-state index contributed by atoms with van der Waals surface area (Å²) in [4.78, 5) is 12.3. The van der Waals surface area contributed by atoms with Crippen LogP contribution >= 0.6 is 0 Å². The number of aryl methyl sites for hydroxylation is 1. The van der Waals surface area contributed by atoms with Gasteiger partial charge < -0.3 is 4.74 Å². The topological polar surface area (TPSA) is 26.3 Å². The van der Waals surface area contributed by atoms with Crippen molar-refractivity contribution in [3.8, 4) is 11.1 Å². The van der Waals surface area contributed by atoms with E-state index in [4.69, 9.17) is 4.74 Å². The van der Waals surface area contributed by atoms with Crippen LogP contribution < -0.4 is 0 Å². The number of rotatable bonds is 18. The van der Waals surface area contributed by atoms with Gasteiger partial charge in [-0.3, -0.25) is 4.79 Å². The summed E-state index contributed by atoms with van der Waals surface area (Å²) in [7, 11) is 0. The lowest BCUT2D eigenvalue weighted by Gasteiger charge is -2.15. The molecule has 0 N–H and O–H groups in total. The Morgan fingerprint density at radius 3 is 1.86 bits per heavy atom. The Hall–Kier alpha value is -2.09. The highest BCUT2D eigenvalue weighted by Gasteiger charge is 2.12. The SMILES string of the molecule is CCCCCCc1ccc(-c2ccc(C(C)OC(=O)CCCCCC(C)CCCCC)cc2)cc1. The van der Waals surface area contributed by atoms with Crippen LogP contribution in [0.2, 0.25) is 0 Å². The van der Waals surface area contributed by atoms with Gasteiger partial charge in [0.1, 0.15) is 6.10 Å². The number of carbonyl (C=O) groups excluding carboxylic acids is 1. The number of unbranched alkanes of at least 4 members (excludes halogenated alkanes) is 7. The number of esters is 1. The van der Waals surface area contributed by atoms with Crippen molar-refractivity contribution >= 4 is 5.97 Å². The highest BCUT2D eigenvalue weighted by molar-refractivity contribution is 5.69. The molecule has 0 heterocycles. The largest absolute Gasteiger partial charge is 0.458 e. The van der Waals surface area contributed by atoms with Crippen LogP contribution in [0.1, 0.15) is 128 Å². The van der Waals surface area contributed by atoms with Crippen LogP contribution in [0.3, 0.4) is 0 Å². The van der Waals surface area contributed by atoms with Gasteiger partial charge in [-0.05, 0) is 54.4 Å². The Morgan fingerprint density at radius 2 is 1.23 bits per heavy atom. The fourth-order valence-corrected chi connectivity index (χ4v) is 4.72. The molecule has 0 amide bonds. The van der Waals surface area contributed by atoms with E-state index in [1.165, 1.54) is 87.3 Å². The molecule has 0 aliphatic carbocycles. The van der Waals surface area contributed by atoms with Crippen LogP contribution in [0.25, 0.3) is 11.1 Å².